The quantitative estimate of drug-likeness (QED) is 0.425. The summed E-state index contributed by atoms with van der Waals surface area (Å²) < 4.78 is 1.77. The van der Waals surface area contributed by atoms with Crippen LogP contribution < -0.4 is 5.32 Å². The number of carbonyl (C=O) groups excluding carboxylic acids is 1. The first-order valence-electron chi connectivity index (χ1n) is 9.58. The summed E-state index contributed by atoms with van der Waals surface area (Å²) in [5.74, 6) is 1.82. The number of hydrogen-bond acceptors (Lipinski definition) is 6. The highest BCUT2D eigenvalue weighted by Gasteiger charge is 2.09. The lowest BCUT2D eigenvalue weighted by Crippen LogP contribution is -2.27. The fourth-order valence-electron chi connectivity index (χ4n) is 2.63. The van der Waals surface area contributed by atoms with Crippen molar-refractivity contribution in [2.24, 2.45) is 0 Å². The van der Waals surface area contributed by atoms with E-state index in [4.69, 9.17) is 0 Å². The van der Waals surface area contributed by atoms with Gasteiger partial charge in [-0.2, -0.15) is 0 Å². The highest BCUT2D eigenvalue weighted by Crippen LogP contribution is 2.30. The molecule has 0 unspecified atom stereocenters. The summed E-state index contributed by atoms with van der Waals surface area (Å²) in [7, 11) is 0. The van der Waals surface area contributed by atoms with Crippen LogP contribution in [-0.2, 0) is 17.0 Å². The summed E-state index contributed by atoms with van der Waals surface area (Å²) in [4.78, 5) is 12.0. The number of thioether (sulfide) groups is 2. The molecule has 0 spiro atoms. The SMILES string of the molecule is CC(C)c1ccc(CSc2nnc(SCC(=O)NCCc3ccccc3)s2)cc1. The van der Waals surface area contributed by atoms with Gasteiger partial charge in [-0.1, -0.05) is 103 Å². The monoisotopic (exact) mass is 443 g/mol. The molecule has 2 aromatic carbocycles. The van der Waals surface area contributed by atoms with Gasteiger partial charge >= 0.3 is 0 Å². The molecule has 0 aliphatic heterocycles. The van der Waals surface area contributed by atoms with Crippen LogP contribution in [0.25, 0.3) is 0 Å². The van der Waals surface area contributed by atoms with E-state index in [1.165, 1.54) is 28.5 Å². The fraction of sp³-hybridized carbons (Fsp3) is 0.318. The molecule has 0 saturated carbocycles. The van der Waals surface area contributed by atoms with Crippen molar-refractivity contribution in [2.75, 3.05) is 12.3 Å². The van der Waals surface area contributed by atoms with E-state index in [1.807, 2.05) is 18.2 Å². The van der Waals surface area contributed by atoms with Crippen molar-refractivity contribution in [3.8, 4) is 0 Å². The van der Waals surface area contributed by atoms with E-state index in [9.17, 15) is 4.79 Å². The van der Waals surface area contributed by atoms with Crippen molar-refractivity contribution >= 4 is 40.8 Å². The van der Waals surface area contributed by atoms with Crippen LogP contribution in [0.15, 0.2) is 63.3 Å². The second kappa shape index (κ2) is 11.4. The predicted molar refractivity (Wildman–Crippen MR) is 124 cm³/mol. The Kier molecular flexibility index (Phi) is 8.58. The van der Waals surface area contributed by atoms with Crippen molar-refractivity contribution in [3.05, 3.63) is 71.3 Å². The summed E-state index contributed by atoms with van der Waals surface area (Å²) in [6.45, 7) is 5.05. The maximum Gasteiger partial charge on any atom is 0.230 e. The summed E-state index contributed by atoms with van der Waals surface area (Å²) in [5.41, 5.74) is 3.86. The van der Waals surface area contributed by atoms with Crippen LogP contribution in [-0.4, -0.2) is 28.4 Å². The number of benzene rings is 2. The molecule has 3 aromatic rings. The molecule has 0 saturated heterocycles. The molecule has 0 aliphatic carbocycles. The second-order valence-electron chi connectivity index (χ2n) is 6.89. The van der Waals surface area contributed by atoms with E-state index in [0.29, 0.717) is 18.2 Å². The molecule has 0 bridgehead atoms. The van der Waals surface area contributed by atoms with Gasteiger partial charge in [0.2, 0.25) is 5.91 Å². The number of aromatic nitrogens is 2. The molecule has 0 aliphatic rings. The molecule has 0 atom stereocenters. The maximum atomic E-state index is 12.0. The van der Waals surface area contributed by atoms with Crippen LogP contribution in [0.1, 0.15) is 36.5 Å². The van der Waals surface area contributed by atoms with E-state index in [2.05, 4.69) is 65.8 Å². The third-order valence-corrected chi connectivity index (χ3v) is 7.56. The summed E-state index contributed by atoms with van der Waals surface area (Å²) >= 11 is 4.67. The molecule has 152 valence electrons. The standard InChI is InChI=1S/C22H25N3OS3/c1-16(2)19-10-8-18(9-11-19)14-27-21-24-25-22(29-21)28-15-20(26)23-13-12-17-6-4-3-5-7-17/h3-11,16H,12-15H2,1-2H3,(H,23,26). The lowest BCUT2D eigenvalue weighted by atomic mass is 10.0. The highest BCUT2D eigenvalue weighted by atomic mass is 32.2. The number of rotatable bonds is 10. The molecule has 1 amide bonds. The lowest BCUT2D eigenvalue weighted by Gasteiger charge is -2.06. The van der Waals surface area contributed by atoms with E-state index >= 15 is 0 Å². The van der Waals surface area contributed by atoms with E-state index in [-0.39, 0.29) is 5.91 Å². The molecule has 4 nitrogen and oxygen atoms in total. The number of carbonyl (C=O) groups is 1. The number of nitrogens with one attached hydrogen (secondary N) is 1. The van der Waals surface area contributed by atoms with Crippen molar-refractivity contribution in [3.63, 3.8) is 0 Å². The Morgan fingerprint density at radius 3 is 2.34 bits per heavy atom. The zero-order valence-corrected chi connectivity index (χ0v) is 19.1. The minimum absolute atomic E-state index is 0.0283. The van der Waals surface area contributed by atoms with Crippen molar-refractivity contribution in [1.29, 1.82) is 0 Å². The van der Waals surface area contributed by atoms with Gasteiger partial charge in [0.1, 0.15) is 0 Å². The smallest absolute Gasteiger partial charge is 0.230 e. The fourth-order valence-corrected chi connectivity index (χ4v) is 5.43. The van der Waals surface area contributed by atoms with Crippen molar-refractivity contribution < 1.29 is 4.79 Å². The van der Waals surface area contributed by atoms with Gasteiger partial charge in [-0.15, -0.1) is 10.2 Å². The molecular weight excluding hydrogens is 418 g/mol. The number of hydrogen-bond donors (Lipinski definition) is 1. The molecule has 7 heteroatoms. The van der Waals surface area contributed by atoms with Gasteiger partial charge in [0, 0.05) is 12.3 Å². The third kappa shape index (κ3) is 7.49. The second-order valence-corrected chi connectivity index (χ2v) is 10.3. The lowest BCUT2D eigenvalue weighted by molar-refractivity contribution is -0.118. The Bertz CT molecular complexity index is 895. The zero-order chi connectivity index (χ0) is 20.5. The molecule has 3 rings (SSSR count). The van der Waals surface area contributed by atoms with Crippen molar-refractivity contribution in [2.45, 2.75) is 40.6 Å². The predicted octanol–water partition coefficient (Wildman–Crippen LogP) is 5.40. The van der Waals surface area contributed by atoms with E-state index in [0.717, 1.165) is 20.9 Å². The number of amides is 1. The third-order valence-electron chi connectivity index (χ3n) is 4.30. The van der Waals surface area contributed by atoms with Crippen LogP contribution in [0.3, 0.4) is 0 Å². The summed E-state index contributed by atoms with van der Waals surface area (Å²) in [6.07, 6.45) is 0.842. The first-order valence-corrected chi connectivity index (χ1v) is 12.4. The van der Waals surface area contributed by atoms with E-state index in [1.54, 1.807) is 23.1 Å². The van der Waals surface area contributed by atoms with Gasteiger partial charge in [-0.05, 0) is 29.0 Å². The zero-order valence-electron chi connectivity index (χ0n) is 16.6. The normalized spacial score (nSPS) is 11.0. The molecular formula is C22H25N3OS3. The first-order chi connectivity index (χ1) is 14.1. The van der Waals surface area contributed by atoms with Gasteiger partial charge in [-0.25, -0.2) is 0 Å². The maximum absolute atomic E-state index is 12.0. The van der Waals surface area contributed by atoms with Crippen LogP contribution in [0.2, 0.25) is 0 Å². The molecule has 0 fully saturated rings. The van der Waals surface area contributed by atoms with E-state index < -0.39 is 0 Å². The Labute approximate surface area is 184 Å². The first kappa shape index (κ1) is 21.9. The summed E-state index contributed by atoms with van der Waals surface area (Å²) in [6, 6.07) is 18.9. The molecule has 29 heavy (non-hydrogen) atoms. The number of nitrogens with zero attached hydrogens (tertiary/aromatic N) is 2. The van der Waals surface area contributed by atoms with Crippen LogP contribution in [0.5, 0.6) is 0 Å². The van der Waals surface area contributed by atoms with Gasteiger partial charge in [0.25, 0.3) is 0 Å². The Balaban J connectivity index is 1.36. The van der Waals surface area contributed by atoms with Crippen molar-refractivity contribution in [1.82, 2.24) is 15.5 Å². The topological polar surface area (TPSA) is 54.9 Å². The Morgan fingerprint density at radius 1 is 0.966 bits per heavy atom. The van der Waals surface area contributed by atoms with Gasteiger partial charge in [0.05, 0.1) is 5.75 Å². The molecule has 0 radical (unpaired) electrons. The molecule has 1 aromatic heterocycles. The largest absolute Gasteiger partial charge is 0.355 e. The summed E-state index contributed by atoms with van der Waals surface area (Å²) in [5, 5.41) is 11.4. The van der Waals surface area contributed by atoms with Crippen LogP contribution >= 0.6 is 34.9 Å². The van der Waals surface area contributed by atoms with Crippen LogP contribution in [0.4, 0.5) is 0 Å². The highest BCUT2D eigenvalue weighted by molar-refractivity contribution is 8.03. The minimum atomic E-state index is 0.0283. The Hall–Kier alpha value is -1.83. The minimum Gasteiger partial charge on any atom is -0.355 e. The average Bonchev–Trinajstić information content (AvgIpc) is 3.20. The van der Waals surface area contributed by atoms with Gasteiger partial charge in [0.15, 0.2) is 8.68 Å². The molecule has 1 heterocycles. The average molecular weight is 444 g/mol. The van der Waals surface area contributed by atoms with Gasteiger partial charge < -0.3 is 5.32 Å². The van der Waals surface area contributed by atoms with Crippen LogP contribution in [0, 0.1) is 0 Å². The Morgan fingerprint density at radius 2 is 1.66 bits per heavy atom. The molecule has 1 N–H and O–H groups in total. The van der Waals surface area contributed by atoms with Gasteiger partial charge in [-0.3, -0.25) is 4.79 Å².